The van der Waals surface area contributed by atoms with Gasteiger partial charge in [0.15, 0.2) is 0 Å². The Morgan fingerprint density at radius 3 is 2.30 bits per heavy atom. The van der Waals surface area contributed by atoms with Gasteiger partial charge in [-0.1, -0.05) is 44.2 Å². The number of carbonyl (C=O) groups is 4. The molecular weight excluding hydrogens is 426 g/mol. The first-order valence-electron chi connectivity index (χ1n) is 11.1. The van der Waals surface area contributed by atoms with Crippen LogP contribution >= 0.6 is 0 Å². The molecule has 0 unspecified atom stereocenters. The van der Waals surface area contributed by atoms with Crippen molar-refractivity contribution in [3.63, 3.8) is 0 Å². The highest BCUT2D eigenvalue weighted by atomic mass is 16.6. The average Bonchev–Trinajstić information content (AvgIpc) is 2.99. The Hall–Kier alpha value is -3.30. The summed E-state index contributed by atoms with van der Waals surface area (Å²) >= 11 is 0. The number of alkyl carbamates (subject to hydrolysis) is 1. The second kappa shape index (κ2) is 11.5. The molecule has 0 spiro atoms. The van der Waals surface area contributed by atoms with Crippen molar-refractivity contribution in [3.05, 3.63) is 35.9 Å². The number of urea groups is 2. The lowest BCUT2D eigenvalue weighted by atomic mass is 10.0. The molecule has 1 aliphatic heterocycles. The molecule has 0 radical (unpaired) electrons. The summed E-state index contributed by atoms with van der Waals surface area (Å²) in [5.41, 5.74) is 0.356. The van der Waals surface area contributed by atoms with Crippen LogP contribution in [-0.2, 0) is 16.0 Å². The number of hydrogen-bond acceptors (Lipinski definition) is 5. The molecule has 4 N–H and O–H groups in total. The van der Waals surface area contributed by atoms with Crippen molar-refractivity contribution in [3.8, 4) is 0 Å². The van der Waals surface area contributed by atoms with Gasteiger partial charge in [0, 0.05) is 13.1 Å². The van der Waals surface area contributed by atoms with Crippen LogP contribution in [0.5, 0.6) is 0 Å². The third-order valence-electron chi connectivity index (χ3n) is 4.86. The predicted octanol–water partition coefficient (Wildman–Crippen LogP) is 2.00. The molecule has 0 saturated carbocycles. The van der Waals surface area contributed by atoms with E-state index in [1.54, 1.807) is 20.8 Å². The lowest BCUT2D eigenvalue weighted by Gasteiger charge is -2.24. The van der Waals surface area contributed by atoms with E-state index in [2.05, 4.69) is 21.3 Å². The Bertz CT molecular complexity index is 837. The van der Waals surface area contributed by atoms with Crippen molar-refractivity contribution in [2.24, 2.45) is 5.92 Å². The molecule has 182 valence electrons. The first-order chi connectivity index (χ1) is 15.5. The number of benzene rings is 1. The normalized spacial score (nSPS) is 16.9. The van der Waals surface area contributed by atoms with E-state index in [1.807, 2.05) is 44.2 Å². The Balaban J connectivity index is 1.93. The zero-order chi connectivity index (χ0) is 24.6. The summed E-state index contributed by atoms with van der Waals surface area (Å²) in [6, 6.07) is 7.51. The van der Waals surface area contributed by atoms with E-state index in [0.29, 0.717) is 6.42 Å². The minimum Gasteiger partial charge on any atom is -0.444 e. The van der Waals surface area contributed by atoms with Crippen LogP contribution in [0.3, 0.4) is 0 Å². The number of rotatable bonds is 9. The van der Waals surface area contributed by atoms with Gasteiger partial charge >= 0.3 is 18.2 Å². The van der Waals surface area contributed by atoms with Crippen LogP contribution < -0.4 is 21.3 Å². The molecule has 6 amide bonds. The third-order valence-corrected chi connectivity index (χ3v) is 4.86. The molecule has 0 aromatic heterocycles. The number of amides is 6. The molecule has 1 aliphatic rings. The van der Waals surface area contributed by atoms with Gasteiger partial charge in [-0.3, -0.25) is 9.69 Å². The van der Waals surface area contributed by atoms with Gasteiger partial charge in [-0.25, -0.2) is 14.4 Å². The minimum atomic E-state index is -0.604. The van der Waals surface area contributed by atoms with E-state index in [9.17, 15) is 19.2 Å². The van der Waals surface area contributed by atoms with Gasteiger partial charge < -0.3 is 26.0 Å². The molecular formula is C23H35N5O5. The van der Waals surface area contributed by atoms with E-state index in [1.165, 1.54) is 0 Å². The van der Waals surface area contributed by atoms with Gasteiger partial charge in [-0.2, -0.15) is 0 Å². The number of hydrogen-bond donors (Lipinski definition) is 4. The predicted molar refractivity (Wildman–Crippen MR) is 124 cm³/mol. The van der Waals surface area contributed by atoms with E-state index >= 15 is 0 Å². The largest absolute Gasteiger partial charge is 0.444 e. The number of nitrogens with one attached hydrogen (secondary N) is 4. The molecule has 0 aliphatic carbocycles. The fourth-order valence-electron chi connectivity index (χ4n) is 3.34. The monoisotopic (exact) mass is 461 g/mol. The van der Waals surface area contributed by atoms with E-state index in [4.69, 9.17) is 4.74 Å². The molecule has 10 nitrogen and oxygen atoms in total. The topological polar surface area (TPSA) is 129 Å². The Morgan fingerprint density at radius 2 is 1.73 bits per heavy atom. The summed E-state index contributed by atoms with van der Waals surface area (Å²) in [7, 11) is 0. The summed E-state index contributed by atoms with van der Waals surface area (Å²) < 4.78 is 5.14. The van der Waals surface area contributed by atoms with Crippen molar-refractivity contribution in [2.75, 3.05) is 19.6 Å². The maximum Gasteiger partial charge on any atom is 0.407 e. The van der Waals surface area contributed by atoms with Gasteiger partial charge in [0.25, 0.3) is 5.91 Å². The quantitative estimate of drug-likeness (QED) is 0.330. The number of nitrogens with zero attached hydrogens (tertiary/aromatic N) is 1. The van der Waals surface area contributed by atoms with Crippen LogP contribution in [0.25, 0.3) is 0 Å². The smallest absolute Gasteiger partial charge is 0.407 e. The van der Waals surface area contributed by atoms with Crippen LogP contribution in [0.1, 0.15) is 40.2 Å². The summed E-state index contributed by atoms with van der Waals surface area (Å²) in [5, 5.41) is 10.8. The molecule has 10 heteroatoms. The Kier molecular flexibility index (Phi) is 9.07. The highest BCUT2D eigenvalue weighted by Crippen LogP contribution is 2.15. The average molecular weight is 462 g/mol. The molecule has 1 saturated heterocycles. The maximum atomic E-state index is 12.7. The molecule has 2 atom stereocenters. The first kappa shape index (κ1) is 26.0. The van der Waals surface area contributed by atoms with Crippen LogP contribution in [-0.4, -0.2) is 66.3 Å². The van der Waals surface area contributed by atoms with Crippen molar-refractivity contribution < 1.29 is 23.9 Å². The molecule has 33 heavy (non-hydrogen) atoms. The van der Waals surface area contributed by atoms with Gasteiger partial charge in [0.1, 0.15) is 11.6 Å². The zero-order valence-electron chi connectivity index (χ0n) is 19.9. The second-order valence-corrected chi connectivity index (χ2v) is 9.34. The zero-order valence-corrected chi connectivity index (χ0v) is 19.9. The van der Waals surface area contributed by atoms with Crippen molar-refractivity contribution in [2.45, 2.75) is 58.7 Å². The van der Waals surface area contributed by atoms with Crippen LogP contribution in [0.2, 0.25) is 0 Å². The SMILES string of the molecule is CC(C)[C@@H]1NC(=O)N(C[C@H](Cc2ccccc2)NC(=O)NCCNC(=O)OC(C)(C)C)C1=O. The van der Waals surface area contributed by atoms with Crippen molar-refractivity contribution in [1.82, 2.24) is 26.2 Å². The Labute approximate surface area is 194 Å². The number of ether oxygens (including phenoxy) is 1. The van der Waals surface area contributed by atoms with Crippen molar-refractivity contribution >= 4 is 24.1 Å². The molecule has 1 fully saturated rings. The molecule has 1 aromatic rings. The fourth-order valence-corrected chi connectivity index (χ4v) is 3.34. The second-order valence-electron chi connectivity index (χ2n) is 9.34. The van der Waals surface area contributed by atoms with Crippen LogP contribution in [0.15, 0.2) is 30.3 Å². The van der Waals surface area contributed by atoms with Crippen LogP contribution in [0.4, 0.5) is 14.4 Å². The van der Waals surface area contributed by atoms with Gasteiger partial charge in [-0.15, -0.1) is 0 Å². The summed E-state index contributed by atoms with van der Waals surface area (Å²) in [6.45, 7) is 9.44. The Morgan fingerprint density at radius 1 is 1.09 bits per heavy atom. The highest BCUT2D eigenvalue weighted by Gasteiger charge is 2.40. The number of imide groups is 1. The van der Waals surface area contributed by atoms with Crippen LogP contribution in [0, 0.1) is 5.92 Å². The fraction of sp³-hybridized carbons (Fsp3) is 0.565. The van der Waals surface area contributed by atoms with E-state index in [0.717, 1.165) is 10.5 Å². The lowest BCUT2D eigenvalue weighted by Crippen LogP contribution is -2.51. The van der Waals surface area contributed by atoms with Gasteiger partial charge in [0.05, 0.1) is 12.6 Å². The standard InChI is InChI=1S/C23H35N5O5/c1-15(2)18-19(29)28(21(31)27-18)14-17(13-16-9-7-6-8-10-16)26-20(30)24-11-12-25-22(32)33-23(3,4)5/h6-10,15,17-18H,11-14H2,1-5H3,(H,25,32)(H,27,31)(H2,24,26,30)/t17-,18-/m0/s1. The van der Waals surface area contributed by atoms with E-state index in [-0.39, 0.29) is 31.5 Å². The summed E-state index contributed by atoms with van der Waals surface area (Å²) in [5.74, 6) is -0.329. The summed E-state index contributed by atoms with van der Waals surface area (Å²) in [6.07, 6.45) is -0.127. The van der Waals surface area contributed by atoms with Crippen molar-refractivity contribution in [1.29, 1.82) is 0 Å². The first-order valence-corrected chi connectivity index (χ1v) is 11.1. The summed E-state index contributed by atoms with van der Waals surface area (Å²) in [4.78, 5) is 50.3. The molecule has 1 aromatic carbocycles. The lowest BCUT2D eigenvalue weighted by molar-refractivity contribution is -0.128. The van der Waals surface area contributed by atoms with Gasteiger partial charge in [0.2, 0.25) is 0 Å². The highest BCUT2D eigenvalue weighted by molar-refractivity contribution is 6.04. The number of carbonyl (C=O) groups excluding carboxylic acids is 4. The maximum absolute atomic E-state index is 12.7. The van der Waals surface area contributed by atoms with Gasteiger partial charge in [-0.05, 0) is 38.7 Å². The minimum absolute atomic E-state index is 0.0345. The molecule has 1 heterocycles. The molecule has 0 bridgehead atoms. The third kappa shape index (κ3) is 8.63. The molecule has 2 rings (SSSR count). The van der Waals surface area contributed by atoms with E-state index < -0.39 is 35.8 Å².